The van der Waals surface area contributed by atoms with Gasteiger partial charge in [0.2, 0.25) is 0 Å². The summed E-state index contributed by atoms with van der Waals surface area (Å²) < 4.78 is 19.9. The van der Waals surface area contributed by atoms with E-state index in [2.05, 4.69) is 38.7 Å². The van der Waals surface area contributed by atoms with E-state index in [9.17, 15) is 9.59 Å². The molecule has 0 radical (unpaired) electrons. The van der Waals surface area contributed by atoms with Crippen LogP contribution < -0.4 is 0 Å². The van der Waals surface area contributed by atoms with Crippen LogP contribution in [-0.4, -0.2) is 62.3 Å². The van der Waals surface area contributed by atoms with E-state index < -0.39 is 0 Å². The first kappa shape index (κ1) is 43.7. The van der Waals surface area contributed by atoms with Crippen molar-refractivity contribution < 1.29 is 33.6 Å². The molecule has 1 saturated carbocycles. The van der Waals surface area contributed by atoms with Gasteiger partial charge in [-0.2, -0.15) is 0 Å². The first-order valence-electron chi connectivity index (χ1n) is 16.1. The number of aliphatic hydroxyl groups excluding tert-OH is 1. The van der Waals surface area contributed by atoms with Crippen LogP contribution in [0.5, 0.6) is 0 Å². The van der Waals surface area contributed by atoms with Crippen molar-refractivity contribution in [2.24, 2.45) is 5.92 Å². The molecular formula is C34H66O7. The Morgan fingerprint density at radius 2 is 1.51 bits per heavy atom. The minimum absolute atomic E-state index is 0.0616. The van der Waals surface area contributed by atoms with Crippen molar-refractivity contribution >= 4 is 11.9 Å². The zero-order valence-corrected chi connectivity index (χ0v) is 28.0. The molecule has 0 aromatic rings. The number of methoxy groups -OCH3 is 1. The van der Waals surface area contributed by atoms with Gasteiger partial charge in [-0.1, -0.05) is 99.6 Å². The van der Waals surface area contributed by atoms with Gasteiger partial charge in [0.25, 0.3) is 0 Å². The molecule has 1 heterocycles. The smallest absolute Gasteiger partial charge is 0.333 e. The Kier molecular flexibility index (Phi) is 35.0. The van der Waals surface area contributed by atoms with Crippen LogP contribution in [-0.2, 0) is 28.5 Å². The third-order valence-electron chi connectivity index (χ3n) is 6.46. The fourth-order valence-corrected chi connectivity index (χ4v) is 3.87. The Balaban J connectivity index is -0.000000460. The number of epoxide rings is 1. The number of esters is 2. The summed E-state index contributed by atoms with van der Waals surface area (Å²) in [4.78, 5) is 21.0. The summed E-state index contributed by atoms with van der Waals surface area (Å²) in [5, 5.41) is 8.70. The predicted molar refractivity (Wildman–Crippen MR) is 171 cm³/mol. The van der Waals surface area contributed by atoms with Crippen LogP contribution in [0.4, 0.5) is 0 Å². The molecule has 0 aromatic heterocycles. The Morgan fingerprint density at radius 1 is 0.927 bits per heavy atom. The minimum atomic E-state index is -0.330. The number of rotatable bonds is 16. The number of unbranched alkanes of at least 4 members (excludes halogenated alkanes) is 4. The summed E-state index contributed by atoms with van der Waals surface area (Å²) in [6, 6.07) is 0. The van der Waals surface area contributed by atoms with Crippen LogP contribution in [0.15, 0.2) is 24.8 Å². The molecule has 2 aliphatic rings. The second-order valence-electron chi connectivity index (χ2n) is 10.2. The van der Waals surface area contributed by atoms with Crippen molar-refractivity contribution in [2.75, 3.05) is 26.9 Å². The Morgan fingerprint density at radius 3 is 1.95 bits per heavy atom. The zero-order chi connectivity index (χ0) is 31.9. The van der Waals surface area contributed by atoms with Crippen LogP contribution in [0.1, 0.15) is 132 Å². The molecule has 7 heteroatoms. The lowest BCUT2D eigenvalue weighted by molar-refractivity contribution is -0.139. The van der Waals surface area contributed by atoms with Crippen LogP contribution in [0.2, 0.25) is 0 Å². The number of hydrogen-bond donors (Lipinski definition) is 1. The fraction of sp³-hybridized carbons (Fsp3) is 0.824. The SMILES string of the molecule is C=C(C)C(=O)OCCCC.C=CC(=O)OCCCC.CC.CCCC1CCC2OC2C1.CCCCCC(CO)OC. The van der Waals surface area contributed by atoms with E-state index in [0.29, 0.717) is 31.0 Å². The van der Waals surface area contributed by atoms with Gasteiger partial charge in [-0.3, -0.25) is 0 Å². The molecule has 1 N–H and O–H groups in total. The van der Waals surface area contributed by atoms with E-state index in [4.69, 9.17) is 19.3 Å². The molecule has 1 aliphatic heterocycles. The standard InChI is InChI=1S/C9H16O.C8H14O2.C8H18O2.C7H12O2.C2H6/c1-2-3-7-4-5-8-9(6-7)10-8;1-4-5-6-10-8(9)7(2)3;1-3-4-5-6-8(7-9)10-2;1-3-5-6-9-7(8)4-2;1-2/h7-9H,2-6H2,1H3;2,4-6H2,1,3H3;8-9H,3-7H2,1-2H3;4H,2-3,5-6H2,1H3;1-2H3. The van der Waals surface area contributed by atoms with Crippen LogP contribution in [0.25, 0.3) is 0 Å². The van der Waals surface area contributed by atoms with Crippen molar-refractivity contribution in [3.63, 3.8) is 0 Å². The van der Waals surface area contributed by atoms with Crippen molar-refractivity contribution in [1.82, 2.24) is 0 Å². The van der Waals surface area contributed by atoms with Crippen LogP contribution in [0.3, 0.4) is 0 Å². The Hall–Kier alpha value is -1.70. The lowest BCUT2D eigenvalue weighted by Crippen LogP contribution is -2.14. The molecule has 0 amide bonds. The first-order chi connectivity index (χ1) is 19.7. The van der Waals surface area contributed by atoms with E-state index in [1.807, 2.05) is 20.8 Å². The highest BCUT2D eigenvalue weighted by molar-refractivity contribution is 5.86. The molecule has 1 aliphatic carbocycles. The highest BCUT2D eigenvalue weighted by atomic mass is 16.6. The number of ether oxygens (including phenoxy) is 4. The van der Waals surface area contributed by atoms with Gasteiger partial charge in [0.15, 0.2) is 0 Å². The average Bonchev–Trinajstić information content (AvgIpc) is 3.77. The van der Waals surface area contributed by atoms with Gasteiger partial charge in [-0.15, -0.1) is 0 Å². The van der Waals surface area contributed by atoms with Gasteiger partial charge in [-0.25, -0.2) is 9.59 Å². The average molecular weight is 587 g/mol. The lowest BCUT2D eigenvalue weighted by atomic mass is 9.86. The molecule has 2 rings (SSSR count). The molecule has 2 fully saturated rings. The maximum absolute atomic E-state index is 10.7. The predicted octanol–water partition coefficient (Wildman–Crippen LogP) is 8.38. The molecule has 0 spiro atoms. The number of aliphatic hydroxyl groups is 1. The molecule has 1 saturated heterocycles. The molecule has 41 heavy (non-hydrogen) atoms. The second-order valence-corrected chi connectivity index (χ2v) is 10.2. The van der Waals surface area contributed by atoms with Gasteiger partial charge < -0.3 is 24.1 Å². The summed E-state index contributed by atoms with van der Waals surface area (Å²) in [5.74, 6) is 0.380. The van der Waals surface area contributed by atoms with Crippen molar-refractivity contribution in [3.05, 3.63) is 24.8 Å². The second kappa shape index (κ2) is 32.8. The van der Waals surface area contributed by atoms with E-state index in [-0.39, 0.29) is 24.6 Å². The van der Waals surface area contributed by atoms with Gasteiger partial charge in [0.05, 0.1) is 38.1 Å². The monoisotopic (exact) mass is 586 g/mol. The third kappa shape index (κ3) is 29.6. The highest BCUT2D eigenvalue weighted by Gasteiger charge is 2.43. The number of carbonyl (C=O) groups excluding carboxylic acids is 2. The lowest BCUT2D eigenvalue weighted by Gasteiger charge is -2.17. The van der Waals surface area contributed by atoms with Crippen molar-refractivity contribution in [3.8, 4) is 0 Å². The minimum Gasteiger partial charge on any atom is -0.463 e. The summed E-state index contributed by atoms with van der Waals surface area (Å²) in [5.41, 5.74) is 0.469. The maximum atomic E-state index is 10.7. The molecule has 244 valence electrons. The third-order valence-corrected chi connectivity index (χ3v) is 6.46. The zero-order valence-electron chi connectivity index (χ0n) is 28.0. The molecule has 0 aromatic carbocycles. The molecule has 4 atom stereocenters. The normalized spacial score (nSPS) is 18.4. The quantitative estimate of drug-likeness (QED) is 0.0840. The van der Waals surface area contributed by atoms with Crippen molar-refractivity contribution in [2.45, 2.75) is 150 Å². The van der Waals surface area contributed by atoms with E-state index >= 15 is 0 Å². The Labute approximate surface area is 253 Å². The summed E-state index contributed by atoms with van der Waals surface area (Å²) >= 11 is 0. The van der Waals surface area contributed by atoms with E-state index in [1.165, 1.54) is 51.0 Å². The number of fused-ring (bicyclic) bond motifs is 1. The summed E-state index contributed by atoms with van der Waals surface area (Å²) in [7, 11) is 1.65. The van der Waals surface area contributed by atoms with Crippen LogP contribution >= 0.6 is 0 Å². The molecule has 7 nitrogen and oxygen atoms in total. The Bertz CT molecular complexity index is 616. The van der Waals surface area contributed by atoms with Gasteiger partial charge in [0.1, 0.15) is 0 Å². The van der Waals surface area contributed by atoms with Crippen molar-refractivity contribution in [1.29, 1.82) is 0 Å². The summed E-state index contributed by atoms with van der Waals surface area (Å²) in [6.45, 7) is 22.1. The van der Waals surface area contributed by atoms with Gasteiger partial charge >= 0.3 is 11.9 Å². The van der Waals surface area contributed by atoms with Gasteiger partial charge in [-0.05, 0) is 51.4 Å². The highest BCUT2D eigenvalue weighted by Crippen LogP contribution is 2.40. The largest absolute Gasteiger partial charge is 0.463 e. The number of carbonyl (C=O) groups is 2. The molecule has 4 unspecified atom stereocenters. The van der Waals surface area contributed by atoms with Gasteiger partial charge in [0, 0.05) is 18.8 Å². The first-order valence-corrected chi connectivity index (χ1v) is 16.1. The van der Waals surface area contributed by atoms with E-state index in [0.717, 1.165) is 44.4 Å². The van der Waals surface area contributed by atoms with E-state index in [1.54, 1.807) is 14.0 Å². The fourth-order valence-electron chi connectivity index (χ4n) is 3.87. The maximum Gasteiger partial charge on any atom is 0.333 e. The summed E-state index contributed by atoms with van der Waals surface area (Å²) in [6.07, 6.45) is 18.1. The number of hydrogen-bond acceptors (Lipinski definition) is 7. The van der Waals surface area contributed by atoms with Crippen LogP contribution in [0, 0.1) is 5.92 Å². The molecule has 0 bridgehead atoms. The molecular weight excluding hydrogens is 520 g/mol. The topological polar surface area (TPSA) is 94.6 Å².